The van der Waals surface area contributed by atoms with Crippen molar-refractivity contribution in [2.75, 3.05) is 11.9 Å². The molecule has 0 radical (unpaired) electrons. The van der Waals surface area contributed by atoms with Gasteiger partial charge in [-0.3, -0.25) is 4.98 Å². The summed E-state index contributed by atoms with van der Waals surface area (Å²) in [6, 6.07) is 13.2. The van der Waals surface area contributed by atoms with Gasteiger partial charge in [0.25, 0.3) is 0 Å². The van der Waals surface area contributed by atoms with Crippen LogP contribution in [0.25, 0.3) is 0 Å². The first-order valence-corrected chi connectivity index (χ1v) is 6.00. The molecule has 0 aliphatic carbocycles. The first-order valence-electron chi connectivity index (χ1n) is 6.00. The molecule has 19 heavy (non-hydrogen) atoms. The zero-order chi connectivity index (χ0) is 13.8. The van der Waals surface area contributed by atoms with Crippen molar-refractivity contribution < 1.29 is 5.11 Å². The van der Waals surface area contributed by atoms with E-state index in [9.17, 15) is 5.11 Å². The van der Waals surface area contributed by atoms with E-state index in [2.05, 4.69) is 11.1 Å². The van der Waals surface area contributed by atoms with Gasteiger partial charge in [-0.15, -0.1) is 0 Å². The number of pyridine rings is 1. The second-order valence-electron chi connectivity index (χ2n) is 4.31. The van der Waals surface area contributed by atoms with Crippen molar-refractivity contribution >= 4 is 11.4 Å². The molecule has 1 heterocycles. The van der Waals surface area contributed by atoms with Crippen molar-refractivity contribution in [1.82, 2.24) is 4.98 Å². The summed E-state index contributed by atoms with van der Waals surface area (Å²) in [5.74, 6) is 0. The molecule has 0 aliphatic heterocycles. The lowest BCUT2D eigenvalue weighted by Gasteiger charge is -2.20. The molecule has 0 unspecified atom stereocenters. The fourth-order valence-electron chi connectivity index (χ4n) is 1.84. The van der Waals surface area contributed by atoms with Crippen LogP contribution in [0.5, 0.6) is 0 Å². The maximum atomic E-state index is 9.43. The molecule has 4 nitrogen and oxygen atoms in total. The number of nitriles is 1. The number of aromatic nitrogens is 1. The number of hydrogen-bond acceptors (Lipinski definition) is 4. The Bertz CT molecular complexity index is 600. The Morgan fingerprint density at radius 1 is 1.26 bits per heavy atom. The van der Waals surface area contributed by atoms with Gasteiger partial charge in [0, 0.05) is 7.05 Å². The molecule has 0 aliphatic rings. The van der Waals surface area contributed by atoms with Crippen LogP contribution >= 0.6 is 0 Å². The van der Waals surface area contributed by atoms with Gasteiger partial charge < -0.3 is 10.0 Å². The minimum atomic E-state index is -0.578. The first kappa shape index (κ1) is 13.1. The maximum absolute atomic E-state index is 9.43. The van der Waals surface area contributed by atoms with E-state index in [-0.39, 0.29) is 0 Å². The van der Waals surface area contributed by atoms with E-state index < -0.39 is 6.10 Å². The molecule has 0 spiro atoms. The van der Waals surface area contributed by atoms with Crippen molar-refractivity contribution in [3.8, 4) is 6.07 Å². The van der Waals surface area contributed by atoms with Gasteiger partial charge in [0.1, 0.15) is 6.07 Å². The van der Waals surface area contributed by atoms with Crippen molar-refractivity contribution in [2.24, 2.45) is 0 Å². The highest BCUT2D eigenvalue weighted by Crippen LogP contribution is 2.26. The largest absolute Gasteiger partial charge is 0.387 e. The molecule has 0 saturated carbocycles. The fraction of sp³-hybridized carbons (Fsp3) is 0.200. The lowest BCUT2D eigenvalue weighted by atomic mass is 10.1. The average Bonchev–Trinajstić information content (AvgIpc) is 2.46. The SMILES string of the molecule is C[C@@H](O)c1ccc(N(C)c2ccccc2C#N)cn1. The molecule has 0 fully saturated rings. The number of benzene rings is 1. The summed E-state index contributed by atoms with van der Waals surface area (Å²) in [5, 5.41) is 18.5. The second kappa shape index (κ2) is 5.51. The molecule has 1 aromatic heterocycles. The van der Waals surface area contributed by atoms with Crippen LogP contribution in [0.4, 0.5) is 11.4 Å². The van der Waals surface area contributed by atoms with Gasteiger partial charge in [-0.1, -0.05) is 12.1 Å². The van der Waals surface area contributed by atoms with Crippen LogP contribution in [-0.2, 0) is 0 Å². The number of hydrogen-bond donors (Lipinski definition) is 1. The van der Waals surface area contributed by atoms with E-state index in [1.54, 1.807) is 25.3 Å². The fourth-order valence-corrected chi connectivity index (χ4v) is 1.84. The lowest BCUT2D eigenvalue weighted by molar-refractivity contribution is 0.194. The van der Waals surface area contributed by atoms with Gasteiger partial charge in [0.05, 0.1) is 34.9 Å². The third-order valence-corrected chi connectivity index (χ3v) is 2.97. The van der Waals surface area contributed by atoms with Crippen LogP contribution in [0.15, 0.2) is 42.6 Å². The molecule has 0 bridgehead atoms. The Hall–Kier alpha value is -2.38. The minimum Gasteiger partial charge on any atom is -0.387 e. The van der Waals surface area contributed by atoms with E-state index in [0.29, 0.717) is 11.3 Å². The van der Waals surface area contributed by atoms with Crippen molar-refractivity contribution in [3.05, 3.63) is 53.9 Å². The number of nitrogens with zero attached hydrogens (tertiary/aromatic N) is 3. The van der Waals surface area contributed by atoms with E-state index >= 15 is 0 Å². The van der Waals surface area contributed by atoms with Crippen LogP contribution in [0, 0.1) is 11.3 Å². The van der Waals surface area contributed by atoms with Crippen LogP contribution in [0.3, 0.4) is 0 Å². The first-order chi connectivity index (χ1) is 9.13. The summed E-state index contributed by atoms with van der Waals surface area (Å²) < 4.78 is 0. The molecule has 0 saturated heterocycles. The quantitative estimate of drug-likeness (QED) is 0.913. The van der Waals surface area contributed by atoms with Crippen molar-refractivity contribution in [1.29, 1.82) is 5.26 Å². The standard InChI is InChI=1S/C15H15N3O/c1-11(19)14-8-7-13(10-17-14)18(2)15-6-4-3-5-12(15)9-16/h3-8,10-11,19H,1-2H3/t11-/m1/s1. The van der Waals surface area contributed by atoms with E-state index in [4.69, 9.17) is 5.26 Å². The Kier molecular flexibility index (Phi) is 3.79. The van der Waals surface area contributed by atoms with Gasteiger partial charge in [0.15, 0.2) is 0 Å². The number of para-hydroxylation sites is 1. The summed E-state index contributed by atoms with van der Waals surface area (Å²) in [6.07, 6.45) is 1.11. The van der Waals surface area contributed by atoms with Gasteiger partial charge in [0.2, 0.25) is 0 Å². The topological polar surface area (TPSA) is 60.1 Å². The minimum absolute atomic E-state index is 0.578. The zero-order valence-corrected chi connectivity index (χ0v) is 10.9. The van der Waals surface area contributed by atoms with Gasteiger partial charge in [-0.2, -0.15) is 5.26 Å². The molecule has 2 rings (SSSR count). The molecule has 96 valence electrons. The summed E-state index contributed by atoms with van der Waals surface area (Å²) in [4.78, 5) is 6.11. The van der Waals surface area contributed by atoms with Gasteiger partial charge in [-0.25, -0.2) is 0 Å². The molecule has 4 heteroatoms. The van der Waals surface area contributed by atoms with Gasteiger partial charge >= 0.3 is 0 Å². The normalized spacial score (nSPS) is 11.7. The Labute approximate surface area is 112 Å². The molecule has 1 atom stereocenters. The Balaban J connectivity index is 2.34. The molecular weight excluding hydrogens is 238 g/mol. The average molecular weight is 253 g/mol. The van der Waals surface area contributed by atoms with Crippen molar-refractivity contribution in [2.45, 2.75) is 13.0 Å². The summed E-state index contributed by atoms with van der Waals surface area (Å²) in [6.45, 7) is 1.68. The monoisotopic (exact) mass is 253 g/mol. The van der Waals surface area contributed by atoms with E-state index in [1.165, 1.54) is 0 Å². The number of aliphatic hydroxyl groups excluding tert-OH is 1. The molecule has 1 N–H and O–H groups in total. The van der Waals surface area contributed by atoms with Crippen LogP contribution in [0.2, 0.25) is 0 Å². The zero-order valence-electron chi connectivity index (χ0n) is 10.9. The van der Waals surface area contributed by atoms with Crippen LogP contribution in [-0.4, -0.2) is 17.1 Å². The highest BCUT2D eigenvalue weighted by Gasteiger charge is 2.09. The Morgan fingerprint density at radius 3 is 2.58 bits per heavy atom. The molecule has 2 aromatic rings. The highest BCUT2D eigenvalue weighted by molar-refractivity contribution is 5.68. The van der Waals surface area contributed by atoms with Crippen LogP contribution in [0.1, 0.15) is 24.3 Å². The summed E-state index contributed by atoms with van der Waals surface area (Å²) >= 11 is 0. The third-order valence-electron chi connectivity index (χ3n) is 2.97. The maximum Gasteiger partial charge on any atom is 0.101 e. The molecule has 1 aromatic carbocycles. The second-order valence-corrected chi connectivity index (χ2v) is 4.31. The molecular formula is C15H15N3O. The number of aliphatic hydroxyl groups is 1. The number of rotatable bonds is 3. The van der Waals surface area contributed by atoms with Gasteiger partial charge in [-0.05, 0) is 31.2 Å². The van der Waals surface area contributed by atoms with Crippen LogP contribution < -0.4 is 4.90 Å². The van der Waals surface area contributed by atoms with Crippen molar-refractivity contribution in [3.63, 3.8) is 0 Å². The smallest absolute Gasteiger partial charge is 0.101 e. The predicted molar refractivity (Wildman–Crippen MR) is 74.1 cm³/mol. The number of anilines is 2. The molecule has 0 amide bonds. The lowest BCUT2D eigenvalue weighted by Crippen LogP contribution is -2.11. The highest BCUT2D eigenvalue weighted by atomic mass is 16.3. The Morgan fingerprint density at radius 2 is 2.00 bits per heavy atom. The summed E-state index contributed by atoms with van der Waals surface area (Å²) in [5.41, 5.74) is 2.94. The third kappa shape index (κ3) is 2.72. The summed E-state index contributed by atoms with van der Waals surface area (Å²) in [7, 11) is 1.88. The predicted octanol–water partition coefficient (Wildman–Crippen LogP) is 2.77. The van der Waals surface area contributed by atoms with E-state index in [1.807, 2.05) is 36.2 Å². The van der Waals surface area contributed by atoms with E-state index in [0.717, 1.165) is 11.4 Å².